The third kappa shape index (κ3) is 5.84. The van der Waals surface area contributed by atoms with E-state index in [1.54, 1.807) is 21.9 Å². The van der Waals surface area contributed by atoms with E-state index in [0.29, 0.717) is 55.1 Å². The van der Waals surface area contributed by atoms with E-state index in [1.165, 1.54) is 7.05 Å². The topological polar surface area (TPSA) is 129 Å². The summed E-state index contributed by atoms with van der Waals surface area (Å²) in [6, 6.07) is 5.11. The predicted molar refractivity (Wildman–Crippen MR) is 146 cm³/mol. The van der Waals surface area contributed by atoms with Crippen molar-refractivity contribution >= 4 is 23.4 Å². The number of benzene rings is 1. The Morgan fingerprint density at radius 3 is 2.67 bits per heavy atom. The SMILES string of the molecule is CN(N)/C(=C(\N)COc1ccc(Cl)c2c1[C@@H](CN1CCCC1=O)N(C(=O)[C@@H]1CCCC[C@]1(C)C#N)CC2)C(F)F. The van der Waals surface area contributed by atoms with Crippen molar-refractivity contribution in [3.05, 3.63) is 39.7 Å². The zero-order chi connectivity index (χ0) is 29.2. The number of hydrazine groups is 1. The predicted octanol–water partition coefficient (Wildman–Crippen LogP) is 3.73. The molecule has 12 heteroatoms. The lowest BCUT2D eigenvalue weighted by Crippen LogP contribution is -2.51. The van der Waals surface area contributed by atoms with Crippen molar-refractivity contribution in [2.75, 3.05) is 33.3 Å². The Morgan fingerprint density at radius 1 is 1.30 bits per heavy atom. The molecule has 1 saturated heterocycles. The van der Waals surface area contributed by atoms with Crippen molar-refractivity contribution in [3.8, 4) is 11.8 Å². The summed E-state index contributed by atoms with van der Waals surface area (Å²) in [5, 5.41) is 11.2. The van der Waals surface area contributed by atoms with Crippen LogP contribution in [-0.4, -0.2) is 66.3 Å². The molecule has 2 amide bonds. The van der Waals surface area contributed by atoms with Crippen LogP contribution in [0.3, 0.4) is 0 Å². The fraction of sp³-hybridized carbons (Fsp3) is 0.607. The van der Waals surface area contributed by atoms with Crippen LogP contribution < -0.4 is 16.3 Å². The van der Waals surface area contributed by atoms with Crippen LogP contribution in [0.5, 0.6) is 5.75 Å². The number of nitrogens with two attached hydrogens (primary N) is 2. The lowest BCUT2D eigenvalue weighted by molar-refractivity contribution is -0.144. The molecule has 1 aromatic carbocycles. The van der Waals surface area contributed by atoms with Gasteiger partial charge in [0.15, 0.2) is 0 Å². The molecule has 3 aliphatic rings. The van der Waals surface area contributed by atoms with Gasteiger partial charge in [-0.25, -0.2) is 14.6 Å². The summed E-state index contributed by atoms with van der Waals surface area (Å²) in [6.07, 6.45) is 1.72. The number of ether oxygens (including phenoxy) is 1. The van der Waals surface area contributed by atoms with E-state index in [1.807, 2.05) is 6.92 Å². The molecule has 0 unspecified atom stereocenters. The average Bonchev–Trinajstić information content (AvgIpc) is 3.32. The Hall–Kier alpha value is -3.10. The minimum absolute atomic E-state index is 0.00304. The summed E-state index contributed by atoms with van der Waals surface area (Å²) in [4.78, 5) is 30.3. The molecule has 2 aliphatic heterocycles. The van der Waals surface area contributed by atoms with Gasteiger partial charge in [-0.15, -0.1) is 0 Å². The van der Waals surface area contributed by atoms with Gasteiger partial charge in [0.25, 0.3) is 6.43 Å². The highest BCUT2D eigenvalue weighted by Gasteiger charge is 2.46. The Bertz CT molecular complexity index is 1210. The summed E-state index contributed by atoms with van der Waals surface area (Å²) in [5.41, 5.74) is 5.80. The fourth-order valence-corrected chi connectivity index (χ4v) is 6.54. The van der Waals surface area contributed by atoms with Gasteiger partial charge in [-0.1, -0.05) is 24.4 Å². The maximum absolute atomic E-state index is 14.2. The highest BCUT2D eigenvalue weighted by molar-refractivity contribution is 6.31. The number of nitrogens with zero attached hydrogens (tertiary/aromatic N) is 4. The van der Waals surface area contributed by atoms with Crippen LogP contribution in [-0.2, 0) is 16.0 Å². The second kappa shape index (κ2) is 12.2. The number of allylic oxidation sites excluding steroid dienone is 1. The smallest absolute Gasteiger partial charge is 0.281 e. The van der Waals surface area contributed by atoms with Crippen LogP contribution >= 0.6 is 11.6 Å². The Labute approximate surface area is 238 Å². The van der Waals surface area contributed by atoms with Crippen molar-refractivity contribution in [2.24, 2.45) is 22.9 Å². The minimum Gasteiger partial charge on any atom is -0.487 e. The van der Waals surface area contributed by atoms with Crippen molar-refractivity contribution in [1.29, 1.82) is 5.26 Å². The highest BCUT2D eigenvalue weighted by Crippen LogP contribution is 2.46. The summed E-state index contributed by atoms with van der Waals surface area (Å²) >= 11 is 6.63. The Kier molecular flexibility index (Phi) is 9.10. The van der Waals surface area contributed by atoms with Crippen LogP contribution in [0.2, 0.25) is 5.02 Å². The van der Waals surface area contributed by atoms with E-state index >= 15 is 0 Å². The average molecular weight is 579 g/mol. The molecular weight excluding hydrogens is 542 g/mol. The van der Waals surface area contributed by atoms with Gasteiger partial charge in [-0.3, -0.25) is 9.59 Å². The van der Waals surface area contributed by atoms with Crippen molar-refractivity contribution in [3.63, 3.8) is 0 Å². The van der Waals surface area contributed by atoms with Crippen molar-refractivity contribution in [2.45, 2.75) is 64.3 Å². The van der Waals surface area contributed by atoms with E-state index in [0.717, 1.165) is 29.8 Å². The van der Waals surface area contributed by atoms with Crippen LogP contribution in [0.1, 0.15) is 62.6 Å². The lowest BCUT2D eigenvalue weighted by Gasteiger charge is -2.44. The van der Waals surface area contributed by atoms with Crippen LogP contribution in [0.25, 0.3) is 0 Å². The molecule has 1 aliphatic carbocycles. The van der Waals surface area contributed by atoms with E-state index in [4.69, 9.17) is 27.9 Å². The fourth-order valence-electron chi connectivity index (χ4n) is 6.28. The number of rotatable bonds is 8. The molecule has 2 heterocycles. The maximum Gasteiger partial charge on any atom is 0.281 e. The molecule has 4 rings (SSSR count). The van der Waals surface area contributed by atoms with Gasteiger partial charge in [0.2, 0.25) is 11.8 Å². The van der Waals surface area contributed by atoms with Crippen molar-refractivity contribution < 1.29 is 23.1 Å². The van der Waals surface area contributed by atoms with Crippen LogP contribution in [0.4, 0.5) is 8.78 Å². The van der Waals surface area contributed by atoms with Crippen molar-refractivity contribution in [1.82, 2.24) is 14.8 Å². The quantitative estimate of drug-likeness (QED) is 0.355. The minimum atomic E-state index is -2.90. The second-order valence-electron chi connectivity index (χ2n) is 11.1. The second-order valence-corrected chi connectivity index (χ2v) is 11.5. The standard InChI is InChI=1S/C28H37ClF2N6O3/c1-28(16-32)11-4-3-6-18(28)27(39)37-13-10-17-19(29)8-9-22(40-15-20(33)25(26(30)31)35(2)34)24(17)21(37)14-36-12-5-7-23(36)38/h8-9,18,21,26H,3-7,10-15,33-34H2,1-2H3/b25-20-/t18-,21+,28+/m0/s1. The van der Waals surface area contributed by atoms with Gasteiger partial charge in [0.05, 0.1) is 29.1 Å². The third-order valence-electron chi connectivity index (χ3n) is 8.48. The molecule has 1 saturated carbocycles. The number of nitriles is 1. The summed E-state index contributed by atoms with van der Waals surface area (Å²) < 4.78 is 33.1. The van der Waals surface area contributed by atoms with Crippen LogP contribution in [0, 0.1) is 22.7 Å². The normalized spacial score (nSPS) is 25.4. The maximum atomic E-state index is 14.2. The molecule has 9 nitrogen and oxygen atoms in total. The number of carbonyl (C=O) groups excluding carboxylic acids is 2. The number of likely N-dealkylation sites (tertiary alicyclic amines) is 1. The number of hydrogen-bond donors (Lipinski definition) is 2. The molecule has 0 bridgehead atoms. The number of halogens is 3. The van der Waals surface area contributed by atoms with Crippen LogP contribution in [0.15, 0.2) is 23.5 Å². The van der Waals surface area contributed by atoms with E-state index in [2.05, 4.69) is 6.07 Å². The number of amides is 2. The number of alkyl halides is 2. The summed E-state index contributed by atoms with van der Waals surface area (Å²) in [5.74, 6) is 5.31. The van der Waals surface area contributed by atoms with Gasteiger partial charge in [-0.05, 0) is 50.3 Å². The third-order valence-corrected chi connectivity index (χ3v) is 8.83. The largest absolute Gasteiger partial charge is 0.487 e. The molecule has 218 valence electrons. The van der Waals surface area contributed by atoms with Gasteiger partial charge in [0.1, 0.15) is 18.1 Å². The molecule has 40 heavy (non-hydrogen) atoms. The molecule has 1 aromatic rings. The first-order valence-electron chi connectivity index (χ1n) is 13.7. The summed E-state index contributed by atoms with van der Waals surface area (Å²) in [7, 11) is 1.27. The first-order chi connectivity index (χ1) is 19.0. The highest BCUT2D eigenvalue weighted by atomic mass is 35.5. The Balaban J connectivity index is 1.75. The monoisotopic (exact) mass is 578 g/mol. The van der Waals surface area contributed by atoms with Gasteiger partial charge >= 0.3 is 0 Å². The van der Waals surface area contributed by atoms with E-state index in [-0.39, 0.29) is 30.7 Å². The van der Waals surface area contributed by atoms with Gasteiger partial charge in [-0.2, -0.15) is 5.26 Å². The molecular formula is C28H37ClF2N6O3. The zero-order valence-corrected chi connectivity index (χ0v) is 23.7. The zero-order valence-electron chi connectivity index (χ0n) is 23.0. The number of fused-ring (bicyclic) bond motifs is 1. The molecule has 2 fully saturated rings. The molecule has 0 spiro atoms. The molecule has 0 aromatic heterocycles. The Morgan fingerprint density at radius 2 is 2.05 bits per heavy atom. The first kappa shape index (κ1) is 29.9. The molecule has 4 N–H and O–H groups in total. The molecule has 3 atom stereocenters. The van der Waals surface area contributed by atoms with E-state index < -0.39 is 29.5 Å². The lowest BCUT2D eigenvalue weighted by atomic mass is 9.67. The van der Waals surface area contributed by atoms with Gasteiger partial charge in [0, 0.05) is 43.7 Å². The molecule has 0 radical (unpaired) electrons. The van der Waals surface area contributed by atoms with Gasteiger partial charge < -0.3 is 25.3 Å². The number of hydrogen-bond acceptors (Lipinski definition) is 7. The number of carbonyl (C=O) groups is 2. The summed E-state index contributed by atoms with van der Waals surface area (Å²) in [6.45, 7) is 2.66. The first-order valence-corrected chi connectivity index (χ1v) is 14.0. The van der Waals surface area contributed by atoms with E-state index in [9.17, 15) is 23.6 Å².